The molecule has 0 spiro atoms. The largest absolute Gasteiger partial charge is 0.361 e. The van der Waals surface area contributed by atoms with E-state index in [1.165, 1.54) is 43.1 Å². The molecule has 6 heteroatoms. The second kappa shape index (κ2) is 8.37. The third-order valence-electron chi connectivity index (χ3n) is 5.62. The van der Waals surface area contributed by atoms with Gasteiger partial charge in [-0.15, -0.1) is 5.10 Å². The molecule has 1 aromatic carbocycles. The molecular formula is C21H27N5O. The van der Waals surface area contributed by atoms with Crippen molar-refractivity contribution in [1.82, 2.24) is 25.3 Å². The summed E-state index contributed by atoms with van der Waals surface area (Å²) >= 11 is 0. The molecule has 1 fully saturated rings. The van der Waals surface area contributed by atoms with Gasteiger partial charge in [0, 0.05) is 30.2 Å². The number of para-hydroxylation sites is 1. The van der Waals surface area contributed by atoms with E-state index < -0.39 is 0 Å². The van der Waals surface area contributed by atoms with E-state index in [1.54, 1.807) is 6.20 Å². The number of fused-ring (bicyclic) bond motifs is 1. The monoisotopic (exact) mass is 365 g/mol. The summed E-state index contributed by atoms with van der Waals surface area (Å²) in [5.74, 6) is 0.648. The first kappa shape index (κ1) is 17.8. The highest BCUT2D eigenvalue weighted by Gasteiger charge is 2.15. The SMILES string of the molecule is O=C(NCCc1c[nH]c2ccccc12)c1cn(CCC2CCCCC2)nn1. The molecule has 1 aliphatic rings. The van der Waals surface area contributed by atoms with Crippen molar-refractivity contribution in [2.75, 3.05) is 6.54 Å². The fourth-order valence-corrected chi connectivity index (χ4v) is 4.04. The van der Waals surface area contributed by atoms with Crippen LogP contribution in [-0.2, 0) is 13.0 Å². The maximum absolute atomic E-state index is 12.3. The van der Waals surface area contributed by atoms with E-state index in [2.05, 4.69) is 32.7 Å². The van der Waals surface area contributed by atoms with Gasteiger partial charge in [0.2, 0.25) is 0 Å². The van der Waals surface area contributed by atoms with E-state index in [4.69, 9.17) is 0 Å². The number of hydrogen-bond donors (Lipinski definition) is 2. The van der Waals surface area contributed by atoms with Crippen LogP contribution in [-0.4, -0.2) is 32.4 Å². The lowest BCUT2D eigenvalue weighted by atomic mass is 9.87. The lowest BCUT2D eigenvalue weighted by Gasteiger charge is -2.20. The predicted octanol–water partition coefficient (Wildman–Crippen LogP) is 3.70. The number of nitrogens with zero attached hydrogens (tertiary/aromatic N) is 3. The van der Waals surface area contributed by atoms with E-state index in [0.29, 0.717) is 12.2 Å². The van der Waals surface area contributed by atoms with Crippen molar-refractivity contribution in [1.29, 1.82) is 0 Å². The highest BCUT2D eigenvalue weighted by Crippen LogP contribution is 2.26. The minimum atomic E-state index is -0.154. The van der Waals surface area contributed by atoms with Gasteiger partial charge >= 0.3 is 0 Å². The number of H-pyrrole nitrogens is 1. The number of rotatable bonds is 7. The Kier molecular flexibility index (Phi) is 5.51. The Labute approximate surface area is 159 Å². The van der Waals surface area contributed by atoms with Crippen LogP contribution >= 0.6 is 0 Å². The number of amides is 1. The third kappa shape index (κ3) is 4.38. The van der Waals surface area contributed by atoms with Crippen LogP contribution in [0.5, 0.6) is 0 Å². The fourth-order valence-electron chi connectivity index (χ4n) is 4.04. The van der Waals surface area contributed by atoms with E-state index in [0.717, 1.165) is 30.8 Å². The van der Waals surface area contributed by atoms with Crippen molar-refractivity contribution < 1.29 is 4.79 Å². The first-order valence-corrected chi connectivity index (χ1v) is 10.0. The summed E-state index contributed by atoms with van der Waals surface area (Å²) in [5.41, 5.74) is 2.74. The first-order chi connectivity index (χ1) is 13.3. The van der Waals surface area contributed by atoms with Crippen molar-refractivity contribution in [3.05, 3.63) is 47.9 Å². The van der Waals surface area contributed by atoms with Crippen LogP contribution in [0.2, 0.25) is 0 Å². The Morgan fingerprint density at radius 3 is 2.96 bits per heavy atom. The number of carbonyl (C=O) groups excluding carboxylic acids is 1. The Hall–Kier alpha value is -2.63. The van der Waals surface area contributed by atoms with Crippen molar-refractivity contribution >= 4 is 16.8 Å². The number of aryl methyl sites for hydroxylation is 1. The van der Waals surface area contributed by atoms with Gasteiger partial charge in [0.25, 0.3) is 5.91 Å². The lowest BCUT2D eigenvalue weighted by molar-refractivity contribution is 0.0949. The molecule has 2 aromatic heterocycles. The van der Waals surface area contributed by atoms with E-state index >= 15 is 0 Å². The number of aromatic amines is 1. The number of carbonyl (C=O) groups is 1. The molecule has 1 amide bonds. The van der Waals surface area contributed by atoms with Gasteiger partial charge in [-0.2, -0.15) is 0 Å². The number of hydrogen-bond acceptors (Lipinski definition) is 3. The zero-order valence-corrected chi connectivity index (χ0v) is 15.7. The van der Waals surface area contributed by atoms with Crippen LogP contribution in [0.3, 0.4) is 0 Å². The molecule has 0 unspecified atom stereocenters. The minimum absolute atomic E-state index is 0.154. The van der Waals surface area contributed by atoms with E-state index in [-0.39, 0.29) is 5.91 Å². The molecule has 0 aliphatic heterocycles. The highest BCUT2D eigenvalue weighted by molar-refractivity contribution is 5.91. The summed E-state index contributed by atoms with van der Waals surface area (Å²) in [6, 6.07) is 8.20. The van der Waals surface area contributed by atoms with Crippen LogP contribution < -0.4 is 5.32 Å². The van der Waals surface area contributed by atoms with Crippen LogP contribution in [0.25, 0.3) is 10.9 Å². The van der Waals surface area contributed by atoms with Gasteiger partial charge in [0.15, 0.2) is 5.69 Å². The number of nitrogens with one attached hydrogen (secondary N) is 2. The van der Waals surface area contributed by atoms with Crippen LogP contribution in [0.4, 0.5) is 0 Å². The molecule has 4 rings (SSSR count). The molecule has 1 saturated carbocycles. The Morgan fingerprint density at radius 1 is 1.22 bits per heavy atom. The summed E-state index contributed by atoms with van der Waals surface area (Å²) in [6.07, 6.45) is 12.4. The summed E-state index contributed by atoms with van der Waals surface area (Å²) in [7, 11) is 0. The Balaban J connectivity index is 1.25. The second-order valence-corrected chi connectivity index (χ2v) is 7.52. The quantitative estimate of drug-likeness (QED) is 0.670. The third-order valence-corrected chi connectivity index (χ3v) is 5.62. The first-order valence-electron chi connectivity index (χ1n) is 10.0. The molecule has 2 heterocycles. The van der Waals surface area contributed by atoms with Crippen molar-refractivity contribution in [3.8, 4) is 0 Å². The zero-order valence-electron chi connectivity index (χ0n) is 15.7. The zero-order chi connectivity index (χ0) is 18.5. The van der Waals surface area contributed by atoms with Crippen molar-refractivity contribution in [2.24, 2.45) is 5.92 Å². The van der Waals surface area contributed by atoms with Gasteiger partial charge in [-0.05, 0) is 30.4 Å². The summed E-state index contributed by atoms with van der Waals surface area (Å²) in [6.45, 7) is 1.43. The summed E-state index contributed by atoms with van der Waals surface area (Å²) < 4.78 is 1.81. The Bertz CT molecular complexity index is 891. The average molecular weight is 365 g/mol. The van der Waals surface area contributed by atoms with E-state index in [1.807, 2.05) is 23.0 Å². The smallest absolute Gasteiger partial charge is 0.273 e. The number of benzene rings is 1. The van der Waals surface area contributed by atoms with Gasteiger partial charge in [0.1, 0.15) is 0 Å². The second-order valence-electron chi connectivity index (χ2n) is 7.52. The van der Waals surface area contributed by atoms with Gasteiger partial charge in [0.05, 0.1) is 6.20 Å². The standard InChI is InChI=1S/C21H27N5O/c27-21(22-12-10-17-14-23-19-9-5-4-8-18(17)19)20-15-26(25-24-20)13-11-16-6-2-1-3-7-16/h4-5,8-9,14-16,23H,1-3,6-7,10-13H2,(H,22,27). The maximum Gasteiger partial charge on any atom is 0.273 e. The van der Waals surface area contributed by atoms with Gasteiger partial charge in [-0.1, -0.05) is 55.5 Å². The summed E-state index contributed by atoms with van der Waals surface area (Å²) in [5, 5.41) is 12.3. The molecular weight excluding hydrogens is 338 g/mol. The van der Waals surface area contributed by atoms with Gasteiger partial charge in [-0.25, -0.2) is 0 Å². The fraction of sp³-hybridized carbons (Fsp3) is 0.476. The van der Waals surface area contributed by atoms with Crippen molar-refractivity contribution in [2.45, 2.75) is 51.5 Å². The topological polar surface area (TPSA) is 75.6 Å². The molecule has 142 valence electrons. The average Bonchev–Trinajstić information content (AvgIpc) is 3.35. The highest BCUT2D eigenvalue weighted by atomic mass is 16.2. The van der Waals surface area contributed by atoms with Crippen LogP contribution in [0.1, 0.15) is 54.6 Å². The number of aromatic nitrogens is 4. The molecule has 1 aliphatic carbocycles. The normalized spacial score (nSPS) is 15.3. The molecule has 0 saturated heterocycles. The van der Waals surface area contributed by atoms with Crippen LogP contribution in [0, 0.1) is 5.92 Å². The predicted molar refractivity (Wildman–Crippen MR) is 106 cm³/mol. The molecule has 27 heavy (non-hydrogen) atoms. The van der Waals surface area contributed by atoms with E-state index in [9.17, 15) is 4.79 Å². The van der Waals surface area contributed by atoms with Gasteiger partial charge in [-0.3, -0.25) is 9.48 Å². The maximum atomic E-state index is 12.3. The molecule has 2 N–H and O–H groups in total. The Morgan fingerprint density at radius 2 is 2.07 bits per heavy atom. The molecule has 6 nitrogen and oxygen atoms in total. The molecule has 0 atom stereocenters. The minimum Gasteiger partial charge on any atom is -0.361 e. The lowest BCUT2D eigenvalue weighted by Crippen LogP contribution is -2.26. The molecule has 0 radical (unpaired) electrons. The van der Waals surface area contributed by atoms with Crippen molar-refractivity contribution in [3.63, 3.8) is 0 Å². The van der Waals surface area contributed by atoms with Crippen LogP contribution in [0.15, 0.2) is 36.7 Å². The molecule has 3 aromatic rings. The van der Waals surface area contributed by atoms with Gasteiger partial charge < -0.3 is 10.3 Å². The summed E-state index contributed by atoms with van der Waals surface area (Å²) in [4.78, 5) is 15.6. The molecule has 0 bridgehead atoms.